The molecule has 0 aliphatic carbocycles. The second kappa shape index (κ2) is 6.85. The SMILES string of the molecule is COC(=O)CC[C@H]1CN(c2cc(F)c(N3CC4(CSC4)C3)c(F)c2)C(=O)O1. The van der Waals surface area contributed by atoms with Gasteiger partial charge in [0.2, 0.25) is 0 Å². The Morgan fingerprint density at radius 3 is 2.56 bits per heavy atom. The first-order chi connectivity index (χ1) is 12.9. The molecule has 3 fully saturated rings. The van der Waals surface area contributed by atoms with Crippen molar-refractivity contribution in [1.82, 2.24) is 0 Å². The number of halogens is 2. The normalized spacial score (nSPS) is 23.1. The van der Waals surface area contributed by atoms with Gasteiger partial charge in [0.15, 0.2) is 11.6 Å². The first-order valence-corrected chi connectivity index (χ1v) is 9.93. The number of cyclic esters (lactones) is 1. The number of anilines is 2. The van der Waals surface area contributed by atoms with Crippen molar-refractivity contribution in [2.24, 2.45) is 5.41 Å². The van der Waals surface area contributed by atoms with E-state index in [-0.39, 0.29) is 29.8 Å². The highest BCUT2D eigenvalue weighted by Gasteiger charge is 2.49. The summed E-state index contributed by atoms with van der Waals surface area (Å²) in [5.41, 5.74) is 0.304. The summed E-state index contributed by atoms with van der Waals surface area (Å²) in [4.78, 5) is 26.2. The second-order valence-corrected chi connectivity index (χ2v) is 8.32. The molecule has 1 atom stereocenters. The Hall–Kier alpha value is -2.03. The number of esters is 1. The lowest BCUT2D eigenvalue weighted by atomic mass is 9.82. The van der Waals surface area contributed by atoms with Crippen LogP contribution >= 0.6 is 11.8 Å². The first-order valence-electron chi connectivity index (χ1n) is 8.77. The molecule has 3 aliphatic rings. The van der Waals surface area contributed by atoms with E-state index in [4.69, 9.17) is 4.74 Å². The van der Waals surface area contributed by atoms with Crippen LogP contribution in [0.4, 0.5) is 25.0 Å². The number of amides is 1. The maximum absolute atomic E-state index is 14.6. The molecule has 3 heterocycles. The fraction of sp³-hybridized carbons (Fsp3) is 0.556. The lowest BCUT2D eigenvalue weighted by Crippen LogP contribution is -2.63. The van der Waals surface area contributed by atoms with Gasteiger partial charge >= 0.3 is 12.1 Å². The summed E-state index contributed by atoms with van der Waals surface area (Å²) >= 11 is 1.85. The minimum absolute atomic E-state index is 0.0314. The van der Waals surface area contributed by atoms with E-state index in [9.17, 15) is 18.4 Å². The number of carbonyl (C=O) groups is 2. The molecule has 0 saturated carbocycles. The third-order valence-electron chi connectivity index (χ3n) is 5.27. The van der Waals surface area contributed by atoms with Crippen molar-refractivity contribution in [3.8, 4) is 0 Å². The molecule has 27 heavy (non-hydrogen) atoms. The van der Waals surface area contributed by atoms with Crippen LogP contribution in [0.15, 0.2) is 12.1 Å². The third-order valence-corrected chi connectivity index (χ3v) is 6.90. The van der Waals surface area contributed by atoms with Crippen molar-refractivity contribution >= 4 is 35.2 Å². The number of benzene rings is 1. The van der Waals surface area contributed by atoms with Crippen LogP contribution in [0.1, 0.15) is 12.8 Å². The Bertz CT molecular complexity index is 756. The molecule has 1 aromatic rings. The molecule has 0 radical (unpaired) electrons. The number of carbonyl (C=O) groups excluding carboxylic acids is 2. The standard InChI is InChI=1S/C18H20F2N2O4S/c1-25-15(23)3-2-12-6-22(17(24)26-12)11-4-13(19)16(14(20)5-11)21-7-18(8-21)9-27-10-18/h4-5,12H,2-3,6-10H2,1H3/t12-/m0/s1. The van der Waals surface area contributed by atoms with E-state index in [0.717, 1.165) is 11.5 Å². The Kier molecular flexibility index (Phi) is 4.65. The lowest BCUT2D eigenvalue weighted by molar-refractivity contribution is -0.141. The van der Waals surface area contributed by atoms with Gasteiger partial charge in [-0.1, -0.05) is 0 Å². The third kappa shape index (κ3) is 3.33. The predicted molar refractivity (Wildman–Crippen MR) is 97.2 cm³/mol. The number of hydrogen-bond donors (Lipinski definition) is 0. The fourth-order valence-electron chi connectivity index (χ4n) is 3.77. The average Bonchev–Trinajstić information content (AvgIpc) is 2.93. The highest BCUT2D eigenvalue weighted by molar-refractivity contribution is 8.00. The Labute approximate surface area is 159 Å². The molecule has 3 saturated heterocycles. The molecule has 0 bridgehead atoms. The first kappa shape index (κ1) is 18.3. The summed E-state index contributed by atoms with van der Waals surface area (Å²) in [5.74, 6) is 0.313. The molecular formula is C18H20F2N2O4S. The van der Waals surface area contributed by atoms with Crippen LogP contribution in [-0.4, -0.2) is 56.4 Å². The smallest absolute Gasteiger partial charge is 0.414 e. The number of hydrogen-bond acceptors (Lipinski definition) is 6. The summed E-state index contributed by atoms with van der Waals surface area (Å²) in [6.45, 7) is 1.46. The van der Waals surface area contributed by atoms with Crippen LogP contribution in [0.25, 0.3) is 0 Å². The van der Waals surface area contributed by atoms with Gasteiger partial charge in [-0.05, 0) is 6.42 Å². The van der Waals surface area contributed by atoms with Gasteiger partial charge in [0.1, 0.15) is 11.8 Å². The van der Waals surface area contributed by atoms with Gasteiger partial charge in [0, 0.05) is 48.6 Å². The van der Waals surface area contributed by atoms with Gasteiger partial charge in [0.05, 0.1) is 19.3 Å². The zero-order valence-corrected chi connectivity index (χ0v) is 15.7. The minimum Gasteiger partial charge on any atom is -0.469 e. The molecule has 0 unspecified atom stereocenters. The van der Waals surface area contributed by atoms with Gasteiger partial charge in [-0.25, -0.2) is 13.6 Å². The maximum Gasteiger partial charge on any atom is 0.414 e. The highest BCUT2D eigenvalue weighted by atomic mass is 32.2. The van der Waals surface area contributed by atoms with Crippen LogP contribution in [0.3, 0.4) is 0 Å². The molecule has 1 spiro atoms. The topological polar surface area (TPSA) is 59.1 Å². The van der Waals surface area contributed by atoms with Crippen molar-refractivity contribution in [1.29, 1.82) is 0 Å². The number of rotatable bonds is 5. The van der Waals surface area contributed by atoms with Crippen LogP contribution < -0.4 is 9.80 Å². The molecule has 6 nitrogen and oxygen atoms in total. The summed E-state index contributed by atoms with van der Waals surface area (Å²) in [6, 6.07) is 2.34. The van der Waals surface area contributed by atoms with Gasteiger partial charge in [-0.2, -0.15) is 11.8 Å². The Morgan fingerprint density at radius 2 is 2.00 bits per heavy atom. The van der Waals surface area contributed by atoms with Crippen molar-refractivity contribution in [2.75, 3.05) is 48.0 Å². The van der Waals surface area contributed by atoms with Crippen molar-refractivity contribution in [2.45, 2.75) is 18.9 Å². The van der Waals surface area contributed by atoms with E-state index < -0.39 is 29.8 Å². The molecule has 4 rings (SSSR count). The largest absolute Gasteiger partial charge is 0.469 e. The Balaban J connectivity index is 1.45. The Morgan fingerprint density at radius 1 is 1.33 bits per heavy atom. The molecule has 3 aliphatic heterocycles. The van der Waals surface area contributed by atoms with Gasteiger partial charge < -0.3 is 14.4 Å². The molecule has 1 amide bonds. The van der Waals surface area contributed by atoms with Crippen LogP contribution in [0.5, 0.6) is 0 Å². The molecule has 9 heteroatoms. The number of methoxy groups -OCH3 is 1. The number of thioether (sulfide) groups is 1. The average molecular weight is 398 g/mol. The number of nitrogens with zero attached hydrogens (tertiary/aromatic N) is 2. The van der Waals surface area contributed by atoms with Crippen LogP contribution in [0, 0.1) is 17.0 Å². The predicted octanol–water partition coefficient (Wildman–Crippen LogP) is 2.80. The van der Waals surface area contributed by atoms with Gasteiger partial charge in [0.25, 0.3) is 0 Å². The van der Waals surface area contributed by atoms with Crippen molar-refractivity contribution in [3.63, 3.8) is 0 Å². The zero-order chi connectivity index (χ0) is 19.2. The lowest BCUT2D eigenvalue weighted by Gasteiger charge is -2.56. The van der Waals surface area contributed by atoms with Gasteiger partial charge in [-0.15, -0.1) is 0 Å². The highest BCUT2D eigenvalue weighted by Crippen LogP contribution is 2.48. The van der Waals surface area contributed by atoms with E-state index in [0.29, 0.717) is 19.5 Å². The number of ether oxygens (including phenoxy) is 2. The van der Waals surface area contributed by atoms with E-state index in [1.54, 1.807) is 4.90 Å². The minimum atomic E-state index is -0.683. The quantitative estimate of drug-likeness (QED) is 0.711. The summed E-state index contributed by atoms with van der Waals surface area (Å²) in [7, 11) is 1.28. The second-order valence-electron chi connectivity index (χ2n) is 7.34. The van der Waals surface area contributed by atoms with Crippen molar-refractivity contribution in [3.05, 3.63) is 23.8 Å². The summed E-state index contributed by atoms with van der Waals surface area (Å²) in [5, 5.41) is 0. The van der Waals surface area contributed by atoms with E-state index in [1.165, 1.54) is 24.1 Å². The zero-order valence-electron chi connectivity index (χ0n) is 14.9. The van der Waals surface area contributed by atoms with E-state index >= 15 is 0 Å². The van der Waals surface area contributed by atoms with Crippen LogP contribution in [0.2, 0.25) is 0 Å². The van der Waals surface area contributed by atoms with E-state index in [2.05, 4.69) is 4.74 Å². The molecule has 1 aromatic carbocycles. The molecule has 0 aromatic heterocycles. The molecule has 0 N–H and O–H groups in total. The molecule has 146 valence electrons. The van der Waals surface area contributed by atoms with Gasteiger partial charge in [-0.3, -0.25) is 9.69 Å². The summed E-state index contributed by atoms with van der Waals surface area (Å²) < 4.78 is 39.0. The van der Waals surface area contributed by atoms with Crippen molar-refractivity contribution < 1.29 is 27.8 Å². The monoisotopic (exact) mass is 398 g/mol. The fourth-order valence-corrected chi connectivity index (χ4v) is 4.92. The summed E-state index contributed by atoms with van der Waals surface area (Å²) in [6.07, 6.45) is -0.787. The molecular weight excluding hydrogens is 378 g/mol. The maximum atomic E-state index is 14.6. The van der Waals surface area contributed by atoms with E-state index in [1.807, 2.05) is 11.8 Å². The van der Waals surface area contributed by atoms with Crippen LogP contribution in [-0.2, 0) is 14.3 Å².